The maximum Gasteiger partial charge on any atom is 0.246 e. The van der Waals surface area contributed by atoms with Gasteiger partial charge in [0.15, 0.2) is 0 Å². The van der Waals surface area contributed by atoms with Gasteiger partial charge in [0, 0.05) is 31.8 Å². The molecular formula is C11H18N2O. The third-order valence-electron chi connectivity index (χ3n) is 3.14. The summed E-state index contributed by atoms with van der Waals surface area (Å²) in [7, 11) is 0. The van der Waals surface area contributed by atoms with E-state index in [-0.39, 0.29) is 5.91 Å². The number of allylic oxidation sites excluding steroid dienone is 1. The SMILES string of the molecule is CC(C)=CC(=O)N1CC[C@H]2CNC[C@H]21. The lowest BCUT2D eigenvalue weighted by Gasteiger charge is -2.21. The van der Waals surface area contributed by atoms with Gasteiger partial charge < -0.3 is 10.2 Å². The van der Waals surface area contributed by atoms with Crippen LogP contribution in [0.4, 0.5) is 0 Å². The number of nitrogens with zero attached hydrogens (tertiary/aromatic N) is 1. The van der Waals surface area contributed by atoms with Crippen LogP contribution < -0.4 is 5.32 Å². The van der Waals surface area contributed by atoms with Crippen molar-refractivity contribution in [1.29, 1.82) is 0 Å². The van der Waals surface area contributed by atoms with Crippen molar-refractivity contribution >= 4 is 5.91 Å². The highest BCUT2D eigenvalue weighted by Crippen LogP contribution is 2.27. The van der Waals surface area contributed by atoms with Crippen LogP contribution in [-0.2, 0) is 4.79 Å². The third-order valence-corrected chi connectivity index (χ3v) is 3.14. The maximum absolute atomic E-state index is 11.8. The quantitative estimate of drug-likeness (QED) is 0.625. The Labute approximate surface area is 85.2 Å². The summed E-state index contributed by atoms with van der Waals surface area (Å²) >= 11 is 0. The zero-order chi connectivity index (χ0) is 10.1. The molecule has 0 radical (unpaired) electrons. The molecule has 1 amide bonds. The summed E-state index contributed by atoms with van der Waals surface area (Å²) in [5.41, 5.74) is 1.09. The molecule has 0 aromatic carbocycles. The van der Waals surface area contributed by atoms with Crippen molar-refractivity contribution in [3.05, 3.63) is 11.6 Å². The number of carbonyl (C=O) groups is 1. The van der Waals surface area contributed by atoms with E-state index in [0.717, 1.165) is 25.2 Å². The predicted octanol–water partition coefficient (Wildman–Crippen LogP) is 0.773. The first kappa shape index (κ1) is 9.71. The lowest BCUT2D eigenvalue weighted by atomic mass is 10.1. The average Bonchev–Trinajstić information content (AvgIpc) is 2.59. The number of nitrogens with one attached hydrogen (secondary N) is 1. The first-order valence-corrected chi connectivity index (χ1v) is 5.34. The maximum atomic E-state index is 11.8. The molecule has 2 saturated heterocycles. The van der Waals surface area contributed by atoms with Gasteiger partial charge in [0.1, 0.15) is 0 Å². The Morgan fingerprint density at radius 2 is 2.21 bits per heavy atom. The molecule has 3 nitrogen and oxygen atoms in total. The second kappa shape index (κ2) is 3.73. The van der Waals surface area contributed by atoms with Gasteiger partial charge in [-0.05, 0) is 26.2 Å². The van der Waals surface area contributed by atoms with Crippen molar-refractivity contribution in [3.8, 4) is 0 Å². The largest absolute Gasteiger partial charge is 0.335 e. The first-order valence-electron chi connectivity index (χ1n) is 5.34. The van der Waals surface area contributed by atoms with Crippen LogP contribution in [0.2, 0.25) is 0 Å². The first-order chi connectivity index (χ1) is 6.68. The van der Waals surface area contributed by atoms with Crippen LogP contribution in [0.15, 0.2) is 11.6 Å². The minimum atomic E-state index is 0.196. The van der Waals surface area contributed by atoms with E-state index in [1.165, 1.54) is 6.42 Å². The van der Waals surface area contributed by atoms with E-state index in [1.807, 2.05) is 18.7 Å². The Kier molecular flexibility index (Phi) is 2.59. The second-order valence-electron chi connectivity index (χ2n) is 4.53. The zero-order valence-electron chi connectivity index (χ0n) is 8.92. The molecule has 0 aliphatic carbocycles. The Morgan fingerprint density at radius 3 is 2.93 bits per heavy atom. The fourth-order valence-corrected chi connectivity index (χ4v) is 2.45. The van der Waals surface area contributed by atoms with Gasteiger partial charge in [0.05, 0.1) is 0 Å². The number of carbonyl (C=O) groups excluding carboxylic acids is 1. The highest BCUT2D eigenvalue weighted by Gasteiger charge is 2.39. The summed E-state index contributed by atoms with van der Waals surface area (Å²) in [5, 5.41) is 3.35. The molecule has 2 atom stereocenters. The fraction of sp³-hybridized carbons (Fsp3) is 0.727. The summed E-state index contributed by atoms with van der Waals surface area (Å²) in [4.78, 5) is 13.8. The van der Waals surface area contributed by atoms with Gasteiger partial charge in [0.25, 0.3) is 0 Å². The average molecular weight is 194 g/mol. The summed E-state index contributed by atoms with van der Waals surface area (Å²) in [6.07, 6.45) is 2.92. The highest BCUT2D eigenvalue weighted by molar-refractivity contribution is 5.88. The molecule has 2 rings (SSSR count). The van der Waals surface area contributed by atoms with Crippen molar-refractivity contribution in [2.45, 2.75) is 26.3 Å². The lowest BCUT2D eigenvalue weighted by Crippen LogP contribution is -2.38. The van der Waals surface area contributed by atoms with Crippen LogP contribution in [0, 0.1) is 5.92 Å². The summed E-state index contributed by atoms with van der Waals surface area (Å²) in [5.74, 6) is 0.894. The molecule has 2 fully saturated rings. The van der Waals surface area contributed by atoms with Crippen molar-refractivity contribution in [2.24, 2.45) is 5.92 Å². The minimum absolute atomic E-state index is 0.196. The molecule has 0 saturated carbocycles. The molecule has 2 heterocycles. The van der Waals surface area contributed by atoms with E-state index in [9.17, 15) is 4.79 Å². The van der Waals surface area contributed by atoms with Gasteiger partial charge in [-0.15, -0.1) is 0 Å². The number of rotatable bonds is 1. The molecule has 2 aliphatic heterocycles. The number of hydrogen-bond acceptors (Lipinski definition) is 2. The van der Waals surface area contributed by atoms with Gasteiger partial charge >= 0.3 is 0 Å². The number of amides is 1. The molecule has 0 aromatic heterocycles. The van der Waals surface area contributed by atoms with Crippen LogP contribution in [0.5, 0.6) is 0 Å². The van der Waals surface area contributed by atoms with Crippen molar-refractivity contribution in [2.75, 3.05) is 19.6 Å². The standard InChI is InChI=1S/C11H18N2O/c1-8(2)5-11(14)13-4-3-9-6-12-7-10(9)13/h5,9-10,12H,3-4,6-7H2,1-2H3/t9-,10+/m0/s1. The van der Waals surface area contributed by atoms with E-state index in [0.29, 0.717) is 12.0 Å². The van der Waals surface area contributed by atoms with Crippen molar-refractivity contribution < 1.29 is 4.79 Å². The van der Waals surface area contributed by atoms with Crippen LogP contribution >= 0.6 is 0 Å². The summed E-state index contributed by atoms with van der Waals surface area (Å²) < 4.78 is 0. The predicted molar refractivity (Wildman–Crippen MR) is 55.9 cm³/mol. The van der Waals surface area contributed by atoms with Crippen molar-refractivity contribution in [1.82, 2.24) is 10.2 Å². The van der Waals surface area contributed by atoms with Gasteiger partial charge in [-0.3, -0.25) is 4.79 Å². The van der Waals surface area contributed by atoms with Gasteiger partial charge in [-0.25, -0.2) is 0 Å². The highest BCUT2D eigenvalue weighted by atomic mass is 16.2. The monoisotopic (exact) mass is 194 g/mol. The molecule has 3 heteroatoms. The van der Waals surface area contributed by atoms with Crippen LogP contribution in [0.3, 0.4) is 0 Å². The number of hydrogen-bond donors (Lipinski definition) is 1. The normalized spacial score (nSPS) is 30.3. The smallest absolute Gasteiger partial charge is 0.246 e. The van der Waals surface area contributed by atoms with Gasteiger partial charge in [-0.1, -0.05) is 5.57 Å². The lowest BCUT2D eigenvalue weighted by molar-refractivity contribution is -0.126. The number of likely N-dealkylation sites (tertiary alicyclic amines) is 1. The van der Waals surface area contributed by atoms with Gasteiger partial charge in [0.2, 0.25) is 5.91 Å². The Hall–Kier alpha value is -0.830. The van der Waals surface area contributed by atoms with E-state index in [4.69, 9.17) is 0 Å². The van der Waals surface area contributed by atoms with E-state index >= 15 is 0 Å². The Bertz CT molecular complexity index is 268. The molecule has 78 valence electrons. The topological polar surface area (TPSA) is 32.3 Å². The molecule has 14 heavy (non-hydrogen) atoms. The molecule has 0 spiro atoms. The second-order valence-corrected chi connectivity index (χ2v) is 4.53. The fourth-order valence-electron chi connectivity index (χ4n) is 2.45. The molecule has 0 aromatic rings. The summed E-state index contributed by atoms with van der Waals surface area (Å²) in [6, 6.07) is 0.457. The van der Waals surface area contributed by atoms with Gasteiger partial charge in [-0.2, -0.15) is 0 Å². The molecule has 2 aliphatic rings. The molecule has 0 bridgehead atoms. The van der Waals surface area contributed by atoms with Crippen LogP contribution in [-0.4, -0.2) is 36.5 Å². The Balaban J connectivity index is 2.05. The minimum Gasteiger partial charge on any atom is -0.335 e. The Morgan fingerprint density at radius 1 is 1.43 bits per heavy atom. The zero-order valence-corrected chi connectivity index (χ0v) is 8.92. The van der Waals surface area contributed by atoms with Crippen LogP contribution in [0.25, 0.3) is 0 Å². The van der Waals surface area contributed by atoms with E-state index in [1.54, 1.807) is 6.08 Å². The van der Waals surface area contributed by atoms with E-state index < -0.39 is 0 Å². The number of fused-ring (bicyclic) bond motifs is 1. The van der Waals surface area contributed by atoms with Crippen LogP contribution in [0.1, 0.15) is 20.3 Å². The summed E-state index contributed by atoms with van der Waals surface area (Å²) in [6.45, 7) is 6.95. The molecule has 0 unspecified atom stereocenters. The van der Waals surface area contributed by atoms with Crippen molar-refractivity contribution in [3.63, 3.8) is 0 Å². The molecule has 1 N–H and O–H groups in total. The van der Waals surface area contributed by atoms with E-state index in [2.05, 4.69) is 5.32 Å². The molecular weight excluding hydrogens is 176 g/mol. The third kappa shape index (κ3) is 1.69.